The number of para-hydroxylation sites is 1. The van der Waals surface area contributed by atoms with Gasteiger partial charge in [-0.05, 0) is 43.7 Å². The van der Waals surface area contributed by atoms with Crippen LogP contribution in [0.25, 0.3) is 5.69 Å². The van der Waals surface area contributed by atoms with Crippen LogP contribution in [0.1, 0.15) is 34.5 Å². The smallest absolute Gasteiger partial charge is 0.352 e. The first-order chi connectivity index (χ1) is 15.7. The first kappa shape index (κ1) is 23.7. The maximum Gasteiger partial charge on any atom is 0.418 e. The van der Waals surface area contributed by atoms with Crippen molar-refractivity contribution in [3.05, 3.63) is 82.9 Å². The van der Waals surface area contributed by atoms with E-state index in [1.807, 2.05) is 0 Å². The van der Waals surface area contributed by atoms with Crippen molar-refractivity contribution in [2.75, 3.05) is 0 Å². The molecule has 10 heteroatoms. The molecule has 2 aromatic heterocycles. The third-order valence-corrected chi connectivity index (χ3v) is 4.85. The van der Waals surface area contributed by atoms with E-state index in [9.17, 15) is 22.8 Å². The molecule has 0 aliphatic heterocycles. The molecule has 0 radical (unpaired) electrons. The molecule has 0 saturated carbocycles. The van der Waals surface area contributed by atoms with Crippen molar-refractivity contribution in [2.24, 2.45) is 5.10 Å². The van der Waals surface area contributed by atoms with Crippen molar-refractivity contribution in [1.29, 1.82) is 0 Å². The molecule has 0 fully saturated rings. The van der Waals surface area contributed by atoms with Crippen LogP contribution in [0.2, 0.25) is 0 Å². The van der Waals surface area contributed by atoms with Gasteiger partial charge in [0.25, 0.3) is 0 Å². The number of halogens is 3. The Labute approximate surface area is 188 Å². The van der Waals surface area contributed by atoms with Crippen LogP contribution in [0.3, 0.4) is 0 Å². The second-order valence-corrected chi connectivity index (χ2v) is 7.28. The minimum atomic E-state index is -4.50. The van der Waals surface area contributed by atoms with Crippen molar-refractivity contribution < 1.29 is 22.8 Å². The summed E-state index contributed by atoms with van der Waals surface area (Å²) in [6, 6.07) is 10.5. The van der Waals surface area contributed by atoms with E-state index < -0.39 is 30.0 Å². The maximum atomic E-state index is 13.4. The molecule has 172 valence electrons. The van der Waals surface area contributed by atoms with E-state index in [-0.39, 0.29) is 12.2 Å². The molecule has 0 atom stereocenters. The van der Waals surface area contributed by atoms with Crippen LogP contribution >= 0.6 is 0 Å². The highest BCUT2D eigenvalue weighted by molar-refractivity contribution is 5.97. The summed E-state index contributed by atoms with van der Waals surface area (Å²) >= 11 is 0. The first-order valence-electron chi connectivity index (χ1n) is 10.00. The zero-order valence-corrected chi connectivity index (χ0v) is 18.0. The van der Waals surface area contributed by atoms with Crippen molar-refractivity contribution in [2.45, 2.75) is 33.0 Å². The molecular formula is C23H22F3N5O2. The Hall–Kier alpha value is -3.95. The average molecular weight is 457 g/mol. The minimum Gasteiger partial charge on any atom is -0.352 e. The number of amides is 2. The van der Waals surface area contributed by atoms with Gasteiger partial charge in [-0.3, -0.25) is 14.6 Å². The Kier molecular flexibility index (Phi) is 7.27. The van der Waals surface area contributed by atoms with Crippen LogP contribution in [0.4, 0.5) is 13.2 Å². The fourth-order valence-corrected chi connectivity index (χ4v) is 3.32. The van der Waals surface area contributed by atoms with Crippen molar-refractivity contribution in [3.63, 3.8) is 0 Å². The van der Waals surface area contributed by atoms with Gasteiger partial charge in [-0.2, -0.15) is 18.3 Å². The topological polar surface area (TPSA) is 88.4 Å². The summed E-state index contributed by atoms with van der Waals surface area (Å²) in [5.41, 5.74) is 3.95. The molecule has 2 amide bonds. The molecule has 2 heterocycles. The number of hydrazone groups is 1. The number of carbonyl (C=O) groups is 2. The Morgan fingerprint density at radius 2 is 1.88 bits per heavy atom. The number of carbonyl (C=O) groups excluding carboxylic acids is 2. The highest BCUT2D eigenvalue weighted by atomic mass is 19.4. The lowest BCUT2D eigenvalue weighted by Gasteiger charge is -2.16. The molecular weight excluding hydrogens is 435 g/mol. The van der Waals surface area contributed by atoms with Gasteiger partial charge in [0, 0.05) is 35.9 Å². The van der Waals surface area contributed by atoms with Crippen LogP contribution in [0, 0.1) is 13.8 Å². The van der Waals surface area contributed by atoms with Crippen LogP contribution in [-0.4, -0.2) is 27.6 Å². The van der Waals surface area contributed by atoms with Gasteiger partial charge in [0.1, 0.15) is 6.42 Å². The number of alkyl halides is 3. The molecule has 1 aromatic carbocycles. The fraction of sp³-hybridized carbons (Fsp3) is 0.217. The van der Waals surface area contributed by atoms with Gasteiger partial charge in [-0.15, -0.1) is 0 Å². The average Bonchev–Trinajstić information content (AvgIpc) is 3.05. The molecule has 0 saturated heterocycles. The van der Waals surface area contributed by atoms with E-state index in [2.05, 4.69) is 20.8 Å². The molecule has 2 N–H and O–H groups in total. The molecule has 0 aliphatic rings. The zero-order valence-electron chi connectivity index (χ0n) is 18.0. The lowest BCUT2D eigenvalue weighted by Crippen LogP contribution is -2.29. The van der Waals surface area contributed by atoms with Crippen molar-refractivity contribution >= 4 is 18.0 Å². The number of benzene rings is 1. The minimum absolute atomic E-state index is 0.00831. The number of nitrogens with zero attached hydrogens (tertiary/aromatic N) is 3. The third kappa shape index (κ3) is 6.06. The van der Waals surface area contributed by atoms with Gasteiger partial charge in [-0.1, -0.05) is 18.2 Å². The molecule has 0 spiro atoms. The summed E-state index contributed by atoms with van der Waals surface area (Å²) < 4.78 is 41.8. The number of hydrogen-bond donors (Lipinski definition) is 2. The number of pyridine rings is 1. The van der Waals surface area contributed by atoms with E-state index in [4.69, 9.17) is 0 Å². The molecule has 33 heavy (non-hydrogen) atoms. The molecule has 0 bridgehead atoms. The third-order valence-electron chi connectivity index (χ3n) is 4.85. The van der Waals surface area contributed by atoms with E-state index in [1.54, 1.807) is 44.4 Å². The molecule has 7 nitrogen and oxygen atoms in total. The number of aromatic nitrogens is 2. The van der Waals surface area contributed by atoms with Crippen LogP contribution < -0.4 is 10.7 Å². The molecule has 0 unspecified atom stereocenters. The van der Waals surface area contributed by atoms with Gasteiger partial charge in [0.15, 0.2) is 0 Å². The van der Waals surface area contributed by atoms with Gasteiger partial charge in [0.05, 0.1) is 17.5 Å². The summed E-state index contributed by atoms with van der Waals surface area (Å²) in [5, 5.41) is 6.45. The van der Waals surface area contributed by atoms with Gasteiger partial charge < -0.3 is 9.88 Å². The number of aryl methyl sites for hydroxylation is 1. The molecule has 3 rings (SSSR count). The lowest BCUT2D eigenvalue weighted by atomic mass is 10.1. The summed E-state index contributed by atoms with van der Waals surface area (Å²) in [6.45, 7) is 3.59. The predicted molar refractivity (Wildman–Crippen MR) is 117 cm³/mol. The summed E-state index contributed by atoms with van der Waals surface area (Å²) in [7, 11) is 0. The van der Waals surface area contributed by atoms with E-state index in [0.29, 0.717) is 17.0 Å². The largest absolute Gasteiger partial charge is 0.418 e. The predicted octanol–water partition coefficient (Wildman–Crippen LogP) is 3.66. The Morgan fingerprint density at radius 1 is 1.12 bits per heavy atom. The zero-order chi connectivity index (χ0) is 24.0. The number of nitrogens with one attached hydrogen (secondary N) is 2. The highest BCUT2D eigenvalue weighted by Gasteiger charge is 2.34. The fourth-order valence-electron chi connectivity index (χ4n) is 3.32. The second-order valence-electron chi connectivity index (χ2n) is 7.28. The van der Waals surface area contributed by atoms with Crippen LogP contribution in [-0.2, 0) is 22.3 Å². The van der Waals surface area contributed by atoms with Crippen LogP contribution in [0.15, 0.2) is 60.0 Å². The number of rotatable bonds is 7. The SMILES string of the molecule is Cc1cc(/C=N/NC(=O)CC(=O)NCc2cccnc2)c(C)n1-c1ccccc1C(F)(F)F. The quantitative estimate of drug-likeness (QED) is 0.322. The summed E-state index contributed by atoms with van der Waals surface area (Å²) in [5.74, 6) is -1.10. The van der Waals surface area contributed by atoms with E-state index in [0.717, 1.165) is 11.6 Å². The Morgan fingerprint density at radius 3 is 2.58 bits per heavy atom. The normalized spacial score (nSPS) is 11.5. The first-order valence-corrected chi connectivity index (χ1v) is 10.00. The number of hydrogen-bond acceptors (Lipinski definition) is 4. The standard InChI is InChI=1S/C23H22F3N5O2/c1-15-10-18(16(2)31(15)20-8-4-3-7-19(20)23(24,25)26)14-29-30-22(33)11-21(32)28-13-17-6-5-9-27-12-17/h3-10,12,14H,11,13H2,1-2H3,(H,28,32)(H,30,33)/b29-14+. The molecule has 0 aliphatic carbocycles. The van der Waals surface area contributed by atoms with E-state index >= 15 is 0 Å². The molecule has 3 aromatic rings. The maximum absolute atomic E-state index is 13.4. The highest BCUT2D eigenvalue weighted by Crippen LogP contribution is 2.35. The second kappa shape index (κ2) is 10.1. The van der Waals surface area contributed by atoms with Gasteiger partial charge in [0.2, 0.25) is 11.8 Å². The summed E-state index contributed by atoms with van der Waals surface area (Å²) in [4.78, 5) is 27.8. The monoisotopic (exact) mass is 457 g/mol. The van der Waals surface area contributed by atoms with Crippen molar-refractivity contribution in [3.8, 4) is 5.69 Å². The summed E-state index contributed by atoms with van der Waals surface area (Å²) in [6.07, 6.45) is -0.368. The van der Waals surface area contributed by atoms with Gasteiger partial charge >= 0.3 is 6.18 Å². The van der Waals surface area contributed by atoms with Crippen LogP contribution in [0.5, 0.6) is 0 Å². The van der Waals surface area contributed by atoms with Crippen molar-refractivity contribution in [1.82, 2.24) is 20.3 Å². The lowest BCUT2D eigenvalue weighted by molar-refractivity contribution is -0.137. The van der Waals surface area contributed by atoms with Gasteiger partial charge in [-0.25, -0.2) is 5.43 Å². The van der Waals surface area contributed by atoms with E-state index in [1.165, 1.54) is 29.0 Å². The Bertz CT molecular complexity index is 1170. The Balaban J connectivity index is 1.64.